The molecule has 0 saturated carbocycles. The van der Waals surface area contributed by atoms with E-state index in [2.05, 4.69) is 37.3 Å². The van der Waals surface area contributed by atoms with Gasteiger partial charge in [-0.3, -0.25) is 0 Å². The van der Waals surface area contributed by atoms with E-state index in [1.807, 2.05) is 14.1 Å². The summed E-state index contributed by atoms with van der Waals surface area (Å²) in [4.78, 5) is 6.52. The van der Waals surface area contributed by atoms with Crippen molar-refractivity contribution < 1.29 is 4.39 Å². The van der Waals surface area contributed by atoms with Gasteiger partial charge in [0.15, 0.2) is 0 Å². The molecule has 19 heavy (non-hydrogen) atoms. The van der Waals surface area contributed by atoms with Crippen molar-refractivity contribution in [2.45, 2.75) is 18.8 Å². The Morgan fingerprint density at radius 1 is 1.47 bits per heavy atom. The molecule has 0 N–H and O–H groups in total. The predicted molar refractivity (Wildman–Crippen MR) is 80.2 cm³/mol. The third kappa shape index (κ3) is 2.93. The van der Waals surface area contributed by atoms with Crippen LogP contribution < -0.4 is 0 Å². The fourth-order valence-electron chi connectivity index (χ4n) is 2.34. The number of benzene rings is 1. The summed E-state index contributed by atoms with van der Waals surface area (Å²) in [6.07, 6.45) is 0. The van der Waals surface area contributed by atoms with Gasteiger partial charge in [0.2, 0.25) is 0 Å². The van der Waals surface area contributed by atoms with Gasteiger partial charge in [-0.2, -0.15) is 0 Å². The minimum atomic E-state index is -0.307. The molecular weight excluding hydrogens is 333 g/mol. The molecule has 1 aromatic heterocycles. The highest BCUT2D eigenvalue weighted by Gasteiger charge is 2.17. The van der Waals surface area contributed by atoms with Gasteiger partial charge in [0.05, 0.1) is 21.4 Å². The SMILES string of the molecule is CC(CN(C)C)n1c(CCl)nc2cc(F)c(Br)cc21. The van der Waals surface area contributed by atoms with Crippen LogP contribution in [-0.2, 0) is 5.88 Å². The van der Waals surface area contributed by atoms with Crippen LogP contribution >= 0.6 is 27.5 Å². The van der Waals surface area contributed by atoms with Gasteiger partial charge in [-0.1, -0.05) is 0 Å². The monoisotopic (exact) mass is 347 g/mol. The third-order valence-electron chi connectivity index (χ3n) is 2.99. The minimum Gasteiger partial charge on any atom is -0.323 e. The molecule has 1 unspecified atom stereocenters. The first-order valence-electron chi connectivity index (χ1n) is 6.00. The average molecular weight is 349 g/mol. The molecule has 0 aliphatic carbocycles. The average Bonchev–Trinajstić information content (AvgIpc) is 2.66. The van der Waals surface area contributed by atoms with Crippen LogP contribution in [0.1, 0.15) is 18.8 Å². The van der Waals surface area contributed by atoms with Crippen molar-refractivity contribution in [2.24, 2.45) is 0 Å². The molecule has 0 amide bonds. The maximum Gasteiger partial charge on any atom is 0.139 e. The maximum absolute atomic E-state index is 13.6. The van der Waals surface area contributed by atoms with Crippen molar-refractivity contribution in [1.82, 2.24) is 14.5 Å². The number of likely N-dealkylation sites (N-methyl/N-ethyl adjacent to an activating group) is 1. The second-order valence-corrected chi connectivity index (χ2v) is 6.02. The lowest BCUT2D eigenvalue weighted by Gasteiger charge is -2.21. The second-order valence-electron chi connectivity index (χ2n) is 4.90. The van der Waals surface area contributed by atoms with Gasteiger partial charge in [0.1, 0.15) is 11.6 Å². The molecule has 1 heterocycles. The van der Waals surface area contributed by atoms with Gasteiger partial charge in [0, 0.05) is 18.7 Å². The summed E-state index contributed by atoms with van der Waals surface area (Å²) in [5.74, 6) is 0.771. The van der Waals surface area contributed by atoms with Crippen LogP contribution in [0.5, 0.6) is 0 Å². The first kappa shape index (κ1) is 14.8. The Balaban J connectivity index is 2.59. The number of fused-ring (bicyclic) bond motifs is 1. The number of hydrogen-bond donors (Lipinski definition) is 0. The Kier molecular flexibility index (Phi) is 4.48. The number of halogens is 3. The van der Waals surface area contributed by atoms with Crippen molar-refractivity contribution in [3.8, 4) is 0 Å². The topological polar surface area (TPSA) is 21.1 Å². The second kappa shape index (κ2) is 5.77. The molecule has 0 radical (unpaired) electrons. The quantitative estimate of drug-likeness (QED) is 0.784. The summed E-state index contributed by atoms with van der Waals surface area (Å²) in [5.41, 5.74) is 1.54. The van der Waals surface area contributed by atoms with Gasteiger partial charge in [-0.25, -0.2) is 9.37 Å². The van der Waals surface area contributed by atoms with E-state index in [4.69, 9.17) is 11.6 Å². The molecule has 104 valence electrons. The fourth-order valence-corrected chi connectivity index (χ4v) is 2.86. The van der Waals surface area contributed by atoms with Crippen molar-refractivity contribution in [2.75, 3.05) is 20.6 Å². The summed E-state index contributed by atoms with van der Waals surface area (Å²) in [7, 11) is 4.04. The van der Waals surface area contributed by atoms with Gasteiger partial charge >= 0.3 is 0 Å². The van der Waals surface area contributed by atoms with E-state index < -0.39 is 0 Å². The van der Waals surface area contributed by atoms with E-state index in [-0.39, 0.29) is 11.9 Å². The number of hydrogen-bond acceptors (Lipinski definition) is 2. The highest BCUT2D eigenvalue weighted by molar-refractivity contribution is 9.10. The van der Waals surface area contributed by atoms with Gasteiger partial charge in [0.25, 0.3) is 0 Å². The van der Waals surface area contributed by atoms with Crippen molar-refractivity contribution in [3.63, 3.8) is 0 Å². The summed E-state index contributed by atoms with van der Waals surface area (Å²) in [6.45, 7) is 2.97. The van der Waals surface area contributed by atoms with Crippen molar-refractivity contribution in [1.29, 1.82) is 0 Å². The molecule has 0 saturated heterocycles. The molecule has 0 bridgehead atoms. The molecular formula is C13H16BrClFN3. The molecule has 2 aromatic rings. The Hall–Kier alpha value is -0.650. The first-order valence-corrected chi connectivity index (χ1v) is 7.33. The number of aromatic nitrogens is 2. The summed E-state index contributed by atoms with van der Waals surface area (Å²) >= 11 is 9.18. The fraction of sp³-hybridized carbons (Fsp3) is 0.462. The lowest BCUT2D eigenvalue weighted by molar-refractivity contribution is 0.337. The summed E-state index contributed by atoms with van der Waals surface area (Å²) in [6, 6.07) is 3.42. The zero-order chi connectivity index (χ0) is 14.2. The summed E-state index contributed by atoms with van der Waals surface area (Å²) < 4.78 is 16.1. The van der Waals surface area contributed by atoms with Crippen LogP contribution in [0, 0.1) is 5.82 Å². The minimum absolute atomic E-state index is 0.214. The van der Waals surface area contributed by atoms with Crippen LogP contribution in [0.4, 0.5) is 4.39 Å². The van der Waals surface area contributed by atoms with Crippen molar-refractivity contribution >= 4 is 38.6 Å². The van der Waals surface area contributed by atoms with Crippen LogP contribution in [0.15, 0.2) is 16.6 Å². The third-order valence-corrected chi connectivity index (χ3v) is 3.84. The molecule has 2 rings (SSSR count). The summed E-state index contributed by atoms with van der Waals surface area (Å²) in [5, 5.41) is 0. The number of rotatable bonds is 4. The molecule has 0 fully saturated rings. The van der Waals surface area contributed by atoms with E-state index in [0.29, 0.717) is 15.9 Å². The Morgan fingerprint density at radius 3 is 2.74 bits per heavy atom. The Bertz CT molecular complexity index is 597. The van der Waals surface area contributed by atoms with E-state index in [0.717, 1.165) is 17.9 Å². The standard InChI is InChI=1S/C13H16BrClFN3/c1-8(7-18(2)3)19-12-4-9(14)10(16)5-11(12)17-13(19)6-15/h4-5,8H,6-7H2,1-3H3. The van der Waals surface area contributed by atoms with Gasteiger partial charge in [-0.15, -0.1) is 11.6 Å². The van der Waals surface area contributed by atoms with E-state index in [1.54, 1.807) is 6.07 Å². The number of alkyl halides is 1. The molecule has 3 nitrogen and oxygen atoms in total. The molecule has 1 atom stereocenters. The zero-order valence-electron chi connectivity index (χ0n) is 11.1. The van der Waals surface area contributed by atoms with Gasteiger partial charge < -0.3 is 9.47 Å². The van der Waals surface area contributed by atoms with E-state index >= 15 is 0 Å². The first-order chi connectivity index (χ1) is 8.93. The highest BCUT2D eigenvalue weighted by Crippen LogP contribution is 2.27. The van der Waals surface area contributed by atoms with Gasteiger partial charge in [-0.05, 0) is 43.0 Å². The zero-order valence-corrected chi connectivity index (χ0v) is 13.5. The van der Waals surface area contributed by atoms with E-state index in [9.17, 15) is 4.39 Å². The largest absolute Gasteiger partial charge is 0.323 e. The molecule has 6 heteroatoms. The lowest BCUT2D eigenvalue weighted by Crippen LogP contribution is -2.23. The van der Waals surface area contributed by atoms with Crippen LogP contribution in [-0.4, -0.2) is 35.1 Å². The van der Waals surface area contributed by atoms with E-state index in [1.165, 1.54) is 6.07 Å². The lowest BCUT2D eigenvalue weighted by atomic mass is 10.2. The molecule has 0 aliphatic rings. The van der Waals surface area contributed by atoms with Crippen LogP contribution in [0.3, 0.4) is 0 Å². The number of nitrogens with zero attached hydrogens (tertiary/aromatic N) is 3. The highest BCUT2D eigenvalue weighted by atomic mass is 79.9. The number of imidazole rings is 1. The Morgan fingerprint density at radius 2 is 2.16 bits per heavy atom. The van der Waals surface area contributed by atoms with Crippen LogP contribution in [0.25, 0.3) is 11.0 Å². The molecule has 1 aromatic carbocycles. The molecule has 0 aliphatic heterocycles. The maximum atomic E-state index is 13.6. The van der Waals surface area contributed by atoms with Crippen LogP contribution in [0.2, 0.25) is 0 Å². The smallest absolute Gasteiger partial charge is 0.139 e. The molecule has 0 spiro atoms. The van der Waals surface area contributed by atoms with Crippen molar-refractivity contribution in [3.05, 3.63) is 28.2 Å². The normalized spacial score (nSPS) is 13.4. The predicted octanol–water partition coefficient (Wildman–Crippen LogP) is 3.80. The Labute approximate surface area is 125 Å².